The zero-order valence-electron chi connectivity index (χ0n) is 12.7. The molecule has 2 rings (SSSR count). The summed E-state index contributed by atoms with van der Waals surface area (Å²) in [5, 5.41) is 13.6. The number of carbonyl (C=O) groups excluding carboxylic acids is 1. The fraction of sp³-hybridized carbons (Fsp3) is 0.188. The Bertz CT molecular complexity index is 730. The molecule has 0 atom stereocenters. The first-order valence-electron chi connectivity index (χ1n) is 6.79. The van der Waals surface area contributed by atoms with Gasteiger partial charge in [-0.2, -0.15) is 0 Å². The second kappa shape index (κ2) is 7.26. The van der Waals surface area contributed by atoms with Crippen LogP contribution in [0.15, 0.2) is 42.5 Å². The molecule has 0 bridgehead atoms. The maximum Gasteiger partial charge on any atom is 0.270 e. The van der Waals surface area contributed by atoms with Crippen LogP contribution in [0.1, 0.15) is 15.9 Å². The Balaban J connectivity index is 2.20. The van der Waals surface area contributed by atoms with Gasteiger partial charge in [0, 0.05) is 24.2 Å². The average Bonchev–Trinajstić information content (AvgIpc) is 2.59. The molecule has 2 aromatic rings. The van der Waals surface area contributed by atoms with Crippen molar-refractivity contribution in [3.63, 3.8) is 0 Å². The van der Waals surface area contributed by atoms with Crippen molar-refractivity contribution in [3.05, 3.63) is 63.7 Å². The summed E-state index contributed by atoms with van der Waals surface area (Å²) in [6, 6.07) is 11.1. The number of hydrogen-bond acceptors (Lipinski definition) is 5. The first-order valence-corrected chi connectivity index (χ1v) is 6.79. The number of carbonyl (C=O) groups is 1. The van der Waals surface area contributed by atoms with E-state index in [9.17, 15) is 14.9 Å². The van der Waals surface area contributed by atoms with Gasteiger partial charge in [-0.3, -0.25) is 14.9 Å². The Morgan fingerprint density at radius 2 is 1.83 bits per heavy atom. The van der Waals surface area contributed by atoms with Gasteiger partial charge in [-0.15, -0.1) is 0 Å². The Kier molecular flexibility index (Phi) is 5.14. The van der Waals surface area contributed by atoms with Crippen molar-refractivity contribution in [3.8, 4) is 11.5 Å². The Morgan fingerprint density at radius 3 is 2.48 bits per heavy atom. The molecule has 0 aliphatic carbocycles. The molecule has 1 amide bonds. The third-order valence-corrected chi connectivity index (χ3v) is 3.27. The van der Waals surface area contributed by atoms with E-state index in [1.54, 1.807) is 13.2 Å². The minimum atomic E-state index is -0.559. The number of methoxy groups -OCH3 is 2. The van der Waals surface area contributed by atoms with Gasteiger partial charge < -0.3 is 14.8 Å². The van der Waals surface area contributed by atoms with Crippen LogP contribution in [0, 0.1) is 10.1 Å². The number of benzene rings is 2. The SMILES string of the molecule is COc1ccccc1CNC(=O)c1cc([N+](=O)[O-])ccc1OC. The number of para-hydroxylation sites is 1. The molecule has 7 heteroatoms. The van der Waals surface area contributed by atoms with Gasteiger partial charge in [0.05, 0.1) is 24.7 Å². The van der Waals surface area contributed by atoms with E-state index >= 15 is 0 Å². The standard InChI is InChI=1S/C16H16N2O5/c1-22-14-6-4-3-5-11(14)10-17-16(19)13-9-12(18(20)21)7-8-15(13)23-2/h3-9H,10H2,1-2H3,(H,17,19). The number of ether oxygens (including phenoxy) is 2. The lowest BCUT2D eigenvalue weighted by Crippen LogP contribution is -2.23. The Morgan fingerprint density at radius 1 is 1.13 bits per heavy atom. The van der Waals surface area contributed by atoms with E-state index in [1.807, 2.05) is 18.2 Å². The number of nitrogens with zero attached hydrogens (tertiary/aromatic N) is 1. The molecule has 23 heavy (non-hydrogen) atoms. The number of nitro benzene ring substituents is 1. The fourth-order valence-electron chi connectivity index (χ4n) is 2.11. The van der Waals surface area contributed by atoms with Gasteiger partial charge in [0.25, 0.3) is 11.6 Å². The van der Waals surface area contributed by atoms with Crippen molar-refractivity contribution in [2.24, 2.45) is 0 Å². The molecule has 0 saturated heterocycles. The second-order valence-electron chi connectivity index (χ2n) is 4.64. The summed E-state index contributed by atoms with van der Waals surface area (Å²) in [6.45, 7) is 0.231. The highest BCUT2D eigenvalue weighted by atomic mass is 16.6. The highest BCUT2D eigenvalue weighted by Gasteiger charge is 2.17. The Hall–Kier alpha value is -3.09. The maximum absolute atomic E-state index is 12.3. The van der Waals surface area contributed by atoms with Crippen molar-refractivity contribution >= 4 is 11.6 Å². The van der Waals surface area contributed by atoms with Gasteiger partial charge >= 0.3 is 0 Å². The molecule has 0 radical (unpaired) electrons. The smallest absolute Gasteiger partial charge is 0.270 e. The fourth-order valence-corrected chi connectivity index (χ4v) is 2.11. The molecule has 7 nitrogen and oxygen atoms in total. The van der Waals surface area contributed by atoms with E-state index in [2.05, 4.69) is 5.32 Å². The number of non-ortho nitro benzene ring substituents is 1. The van der Waals surface area contributed by atoms with Gasteiger partial charge in [-0.05, 0) is 12.1 Å². The lowest BCUT2D eigenvalue weighted by molar-refractivity contribution is -0.384. The van der Waals surface area contributed by atoms with Crippen molar-refractivity contribution in [1.82, 2.24) is 5.32 Å². The second-order valence-corrected chi connectivity index (χ2v) is 4.64. The summed E-state index contributed by atoms with van der Waals surface area (Å²) in [5.74, 6) is 0.461. The highest BCUT2D eigenvalue weighted by Crippen LogP contribution is 2.24. The molecular weight excluding hydrogens is 300 g/mol. The molecule has 120 valence electrons. The monoisotopic (exact) mass is 316 g/mol. The summed E-state index contributed by atoms with van der Waals surface area (Å²) in [5.41, 5.74) is 0.734. The van der Waals surface area contributed by atoms with Gasteiger partial charge in [0.15, 0.2) is 0 Å². The van der Waals surface area contributed by atoms with Crippen molar-refractivity contribution < 1.29 is 19.2 Å². The Labute approximate surface area is 133 Å². The minimum absolute atomic E-state index is 0.108. The molecular formula is C16H16N2O5. The predicted molar refractivity (Wildman–Crippen MR) is 83.8 cm³/mol. The number of nitro groups is 1. The van der Waals surface area contributed by atoms with E-state index in [1.165, 1.54) is 25.3 Å². The van der Waals surface area contributed by atoms with Gasteiger partial charge in [-0.1, -0.05) is 18.2 Å². The summed E-state index contributed by atoms with van der Waals surface area (Å²) in [7, 11) is 2.95. The van der Waals surface area contributed by atoms with Crippen LogP contribution in [0.2, 0.25) is 0 Å². The van der Waals surface area contributed by atoms with Gasteiger partial charge in [-0.25, -0.2) is 0 Å². The molecule has 0 aliphatic heterocycles. The summed E-state index contributed by atoms with van der Waals surface area (Å²) in [6.07, 6.45) is 0. The molecule has 1 N–H and O–H groups in total. The van der Waals surface area contributed by atoms with Crippen molar-refractivity contribution in [2.45, 2.75) is 6.54 Å². The molecule has 0 aliphatic rings. The van der Waals surface area contributed by atoms with E-state index in [4.69, 9.17) is 9.47 Å². The highest BCUT2D eigenvalue weighted by molar-refractivity contribution is 5.97. The summed E-state index contributed by atoms with van der Waals surface area (Å²) >= 11 is 0. The van der Waals surface area contributed by atoms with Crippen molar-refractivity contribution in [1.29, 1.82) is 0 Å². The van der Waals surface area contributed by atoms with Crippen LogP contribution in [-0.4, -0.2) is 25.1 Å². The molecule has 0 heterocycles. The van der Waals surface area contributed by atoms with Crippen LogP contribution in [0.4, 0.5) is 5.69 Å². The van der Waals surface area contributed by atoms with Crippen LogP contribution >= 0.6 is 0 Å². The van der Waals surface area contributed by atoms with Crippen LogP contribution in [0.25, 0.3) is 0 Å². The van der Waals surface area contributed by atoms with E-state index in [0.29, 0.717) is 5.75 Å². The zero-order valence-corrected chi connectivity index (χ0v) is 12.7. The largest absolute Gasteiger partial charge is 0.496 e. The number of hydrogen-bond donors (Lipinski definition) is 1. The zero-order chi connectivity index (χ0) is 16.8. The van der Waals surface area contributed by atoms with Crippen LogP contribution in [0.5, 0.6) is 11.5 Å². The minimum Gasteiger partial charge on any atom is -0.496 e. The van der Waals surface area contributed by atoms with E-state index in [0.717, 1.165) is 5.56 Å². The topological polar surface area (TPSA) is 90.7 Å². The molecule has 2 aromatic carbocycles. The first-order chi connectivity index (χ1) is 11.1. The van der Waals surface area contributed by atoms with Crippen LogP contribution in [0.3, 0.4) is 0 Å². The molecule has 0 aromatic heterocycles. The van der Waals surface area contributed by atoms with E-state index < -0.39 is 10.8 Å². The maximum atomic E-state index is 12.3. The van der Waals surface area contributed by atoms with Crippen LogP contribution < -0.4 is 14.8 Å². The summed E-state index contributed by atoms with van der Waals surface area (Å²) in [4.78, 5) is 22.6. The van der Waals surface area contributed by atoms with Crippen LogP contribution in [-0.2, 0) is 6.54 Å². The first kappa shape index (κ1) is 16.3. The normalized spacial score (nSPS) is 10.0. The lowest BCUT2D eigenvalue weighted by atomic mass is 10.1. The number of nitrogens with one attached hydrogen (secondary N) is 1. The third-order valence-electron chi connectivity index (χ3n) is 3.27. The lowest BCUT2D eigenvalue weighted by Gasteiger charge is -2.11. The molecule has 0 fully saturated rings. The van der Waals surface area contributed by atoms with Crippen molar-refractivity contribution in [2.75, 3.05) is 14.2 Å². The predicted octanol–water partition coefficient (Wildman–Crippen LogP) is 2.54. The van der Waals surface area contributed by atoms with Gasteiger partial charge in [0.1, 0.15) is 11.5 Å². The number of rotatable bonds is 6. The van der Waals surface area contributed by atoms with Gasteiger partial charge in [0.2, 0.25) is 0 Å². The van der Waals surface area contributed by atoms with E-state index in [-0.39, 0.29) is 23.5 Å². The summed E-state index contributed by atoms with van der Waals surface area (Å²) < 4.78 is 10.3. The quantitative estimate of drug-likeness (QED) is 0.653. The molecule has 0 spiro atoms. The average molecular weight is 316 g/mol. The number of amides is 1. The molecule has 0 saturated carbocycles. The third kappa shape index (κ3) is 3.76. The molecule has 0 unspecified atom stereocenters.